The Balaban J connectivity index is 2.59. The highest BCUT2D eigenvalue weighted by Crippen LogP contribution is 2.24. The van der Waals surface area contributed by atoms with Crippen molar-refractivity contribution < 1.29 is 14.0 Å². The van der Waals surface area contributed by atoms with E-state index in [1.165, 1.54) is 6.07 Å². The van der Waals surface area contributed by atoms with Crippen LogP contribution in [0.3, 0.4) is 0 Å². The fraction of sp³-hybridized carbons (Fsp3) is 0.0667. The molecule has 4 heteroatoms. The van der Waals surface area contributed by atoms with Crippen LogP contribution in [0.2, 0.25) is 0 Å². The van der Waals surface area contributed by atoms with Gasteiger partial charge in [0, 0.05) is 11.1 Å². The van der Waals surface area contributed by atoms with E-state index in [1.807, 2.05) is 0 Å². The van der Waals surface area contributed by atoms with Gasteiger partial charge in [0.15, 0.2) is 0 Å². The molecule has 96 valence electrons. The van der Waals surface area contributed by atoms with Crippen LogP contribution in [0.25, 0.3) is 11.1 Å². The van der Waals surface area contributed by atoms with E-state index in [0.717, 1.165) is 0 Å². The van der Waals surface area contributed by atoms with E-state index in [1.54, 1.807) is 37.3 Å². The number of hydrogen-bond acceptors (Lipinski definition) is 2. The first kappa shape index (κ1) is 13.0. The molecule has 2 aromatic rings. The van der Waals surface area contributed by atoms with Crippen molar-refractivity contribution in [2.75, 3.05) is 0 Å². The highest BCUT2D eigenvalue weighted by Gasteiger charge is 2.09. The lowest BCUT2D eigenvalue weighted by molar-refractivity contribution is 0.1000. The number of aldehydes is 1. The maximum atomic E-state index is 13.7. The number of primary amides is 1. The van der Waals surface area contributed by atoms with Crippen LogP contribution in [0, 0.1) is 12.7 Å². The highest BCUT2D eigenvalue weighted by molar-refractivity contribution is 5.94. The molecule has 1 amide bonds. The Morgan fingerprint density at radius 3 is 2.58 bits per heavy atom. The Bertz CT molecular complexity index is 665. The number of amides is 1. The van der Waals surface area contributed by atoms with Gasteiger partial charge in [0.25, 0.3) is 0 Å². The van der Waals surface area contributed by atoms with Crippen molar-refractivity contribution in [1.29, 1.82) is 0 Å². The lowest BCUT2D eigenvalue weighted by Crippen LogP contribution is -2.10. The normalized spacial score (nSPS) is 10.2. The maximum absolute atomic E-state index is 13.7. The second-order valence-corrected chi connectivity index (χ2v) is 4.24. The lowest BCUT2D eigenvalue weighted by Gasteiger charge is -2.07. The Kier molecular flexibility index (Phi) is 3.42. The van der Waals surface area contributed by atoms with E-state index in [-0.39, 0.29) is 0 Å². The predicted molar refractivity (Wildman–Crippen MR) is 70.5 cm³/mol. The van der Waals surface area contributed by atoms with Crippen molar-refractivity contribution in [2.45, 2.75) is 6.92 Å². The minimum atomic E-state index is -0.551. The third-order valence-electron chi connectivity index (χ3n) is 2.99. The van der Waals surface area contributed by atoms with Crippen molar-refractivity contribution in [3.63, 3.8) is 0 Å². The van der Waals surface area contributed by atoms with Gasteiger partial charge in [-0.15, -0.1) is 0 Å². The molecule has 19 heavy (non-hydrogen) atoms. The molecule has 0 aromatic heterocycles. The standard InChI is InChI=1S/C15H12FNO2/c1-9-13(8-18)6-12(7-14(9)16)10-3-2-4-11(5-10)15(17)19/h2-8H,1H3,(H2,17,19). The second kappa shape index (κ2) is 5.02. The number of halogens is 1. The molecule has 2 rings (SSSR count). The van der Waals surface area contributed by atoms with E-state index in [0.29, 0.717) is 34.1 Å². The molecule has 0 aliphatic rings. The smallest absolute Gasteiger partial charge is 0.248 e. The fourth-order valence-corrected chi connectivity index (χ4v) is 1.84. The third kappa shape index (κ3) is 2.52. The zero-order valence-corrected chi connectivity index (χ0v) is 10.3. The number of carbonyl (C=O) groups excluding carboxylic acids is 2. The summed E-state index contributed by atoms with van der Waals surface area (Å²) in [7, 11) is 0. The topological polar surface area (TPSA) is 60.2 Å². The summed E-state index contributed by atoms with van der Waals surface area (Å²) in [6.07, 6.45) is 0.611. The molecular formula is C15H12FNO2. The van der Waals surface area contributed by atoms with Gasteiger partial charge in [0.05, 0.1) is 0 Å². The maximum Gasteiger partial charge on any atom is 0.248 e. The average Bonchev–Trinajstić information content (AvgIpc) is 2.41. The first-order valence-corrected chi connectivity index (χ1v) is 5.68. The number of rotatable bonds is 3. The molecule has 0 aliphatic carbocycles. The summed E-state index contributed by atoms with van der Waals surface area (Å²) in [5.41, 5.74) is 7.31. The Hall–Kier alpha value is -2.49. The van der Waals surface area contributed by atoms with Crippen molar-refractivity contribution in [3.05, 3.63) is 58.9 Å². The van der Waals surface area contributed by atoms with Crippen LogP contribution in [0.1, 0.15) is 26.3 Å². The quantitative estimate of drug-likeness (QED) is 0.859. The van der Waals surface area contributed by atoms with Crippen molar-refractivity contribution in [2.24, 2.45) is 5.73 Å². The summed E-state index contributed by atoms with van der Waals surface area (Å²) < 4.78 is 13.7. The first-order chi connectivity index (χ1) is 9.02. The van der Waals surface area contributed by atoms with Crippen molar-refractivity contribution in [3.8, 4) is 11.1 Å². The van der Waals surface area contributed by atoms with Crippen LogP contribution < -0.4 is 5.73 Å². The fourth-order valence-electron chi connectivity index (χ4n) is 1.84. The predicted octanol–water partition coefficient (Wildman–Crippen LogP) is 2.71. The van der Waals surface area contributed by atoms with Gasteiger partial charge in [-0.1, -0.05) is 12.1 Å². The summed E-state index contributed by atoms with van der Waals surface area (Å²) in [5, 5.41) is 0. The van der Waals surface area contributed by atoms with Gasteiger partial charge in [-0.3, -0.25) is 9.59 Å². The molecule has 0 unspecified atom stereocenters. The van der Waals surface area contributed by atoms with Crippen LogP contribution in [-0.2, 0) is 0 Å². The largest absolute Gasteiger partial charge is 0.366 e. The number of carbonyl (C=O) groups is 2. The monoisotopic (exact) mass is 257 g/mol. The molecule has 2 N–H and O–H groups in total. The van der Waals surface area contributed by atoms with Crippen molar-refractivity contribution >= 4 is 12.2 Å². The molecule has 2 aromatic carbocycles. The van der Waals surface area contributed by atoms with Crippen molar-refractivity contribution in [1.82, 2.24) is 0 Å². The number of nitrogens with two attached hydrogens (primary N) is 1. The molecule has 0 heterocycles. The zero-order chi connectivity index (χ0) is 14.0. The van der Waals surface area contributed by atoms with E-state index in [2.05, 4.69) is 0 Å². The highest BCUT2D eigenvalue weighted by atomic mass is 19.1. The van der Waals surface area contributed by atoms with Crippen LogP contribution in [0.4, 0.5) is 4.39 Å². The van der Waals surface area contributed by atoms with E-state index < -0.39 is 11.7 Å². The molecule has 0 spiro atoms. The van der Waals surface area contributed by atoms with Gasteiger partial charge >= 0.3 is 0 Å². The Labute approximate surface area is 109 Å². The molecule has 0 atom stereocenters. The summed E-state index contributed by atoms with van der Waals surface area (Å²) in [5.74, 6) is -1.01. The number of hydrogen-bond donors (Lipinski definition) is 1. The number of benzene rings is 2. The minimum absolute atomic E-state index is 0.291. The van der Waals surface area contributed by atoms with Gasteiger partial charge in [-0.2, -0.15) is 0 Å². The first-order valence-electron chi connectivity index (χ1n) is 5.68. The summed E-state index contributed by atoms with van der Waals surface area (Å²) >= 11 is 0. The molecular weight excluding hydrogens is 245 g/mol. The van der Waals surface area contributed by atoms with Gasteiger partial charge in [-0.05, 0) is 47.9 Å². The third-order valence-corrected chi connectivity index (χ3v) is 2.99. The zero-order valence-electron chi connectivity index (χ0n) is 10.3. The molecule has 0 aliphatic heterocycles. The van der Waals surface area contributed by atoms with Gasteiger partial charge < -0.3 is 5.73 Å². The van der Waals surface area contributed by atoms with E-state index in [4.69, 9.17) is 5.73 Å². The minimum Gasteiger partial charge on any atom is -0.366 e. The Morgan fingerprint density at radius 1 is 1.21 bits per heavy atom. The summed E-state index contributed by atoms with van der Waals surface area (Å²) in [6.45, 7) is 1.54. The van der Waals surface area contributed by atoms with Gasteiger partial charge in [0.1, 0.15) is 12.1 Å². The van der Waals surface area contributed by atoms with Crippen LogP contribution in [0.15, 0.2) is 36.4 Å². The molecule has 0 bridgehead atoms. The molecule has 0 radical (unpaired) electrons. The molecule has 0 saturated carbocycles. The average molecular weight is 257 g/mol. The van der Waals surface area contributed by atoms with E-state index in [9.17, 15) is 14.0 Å². The van der Waals surface area contributed by atoms with Crippen LogP contribution in [-0.4, -0.2) is 12.2 Å². The molecule has 0 saturated heterocycles. The SMILES string of the molecule is Cc1c(F)cc(-c2cccc(C(N)=O)c2)cc1C=O. The summed E-state index contributed by atoms with van der Waals surface area (Å²) in [6, 6.07) is 9.46. The second-order valence-electron chi connectivity index (χ2n) is 4.24. The molecule has 0 fully saturated rings. The summed E-state index contributed by atoms with van der Waals surface area (Å²) in [4.78, 5) is 22.0. The van der Waals surface area contributed by atoms with Gasteiger partial charge in [-0.25, -0.2) is 4.39 Å². The van der Waals surface area contributed by atoms with Crippen LogP contribution in [0.5, 0.6) is 0 Å². The van der Waals surface area contributed by atoms with E-state index >= 15 is 0 Å². The lowest BCUT2D eigenvalue weighted by atomic mass is 9.98. The molecule has 3 nitrogen and oxygen atoms in total. The Morgan fingerprint density at radius 2 is 1.95 bits per heavy atom. The van der Waals surface area contributed by atoms with Crippen LogP contribution >= 0.6 is 0 Å². The van der Waals surface area contributed by atoms with Gasteiger partial charge in [0.2, 0.25) is 5.91 Å².